The molecule has 132 valence electrons. The van der Waals surface area contributed by atoms with E-state index in [1.165, 1.54) is 0 Å². The van der Waals surface area contributed by atoms with Gasteiger partial charge in [0, 0.05) is 34.5 Å². The van der Waals surface area contributed by atoms with Crippen LogP contribution < -0.4 is 9.80 Å². The van der Waals surface area contributed by atoms with Gasteiger partial charge in [0.05, 0.1) is 4.47 Å². The third-order valence-electron chi connectivity index (χ3n) is 4.68. The number of hydrogen-bond donors (Lipinski definition) is 1. The Bertz CT molecular complexity index is 855. The molecular formula is C21H18Br2N2O. The highest BCUT2D eigenvalue weighted by atomic mass is 79.9. The molecule has 1 saturated heterocycles. The Labute approximate surface area is 170 Å². The Morgan fingerprint density at radius 2 is 1.27 bits per heavy atom. The highest BCUT2D eigenvalue weighted by Crippen LogP contribution is 2.44. The molecule has 0 radical (unpaired) electrons. The summed E-state index contributed by atoms with van der Waals surface area (Å²) in [6.45, 7) is 1.76. The van der Waals surface area contributed by atoms with Crippen molar-refractivity contribution in [3.63, 3.8) is 0 Å². The van der Waals surface area contributed by atoms with Crippen LogP contribution in [0.1, 0.15) is 11.7 Å². The molecule has 0 saturated carbocycles. The number of rotatable bonds is 3. The van der Waals surface area contributed by atoms with Gasteiger partial charge in [-0.1, -0.05) is 52.3 Å². The first kappa shape index (κ1) is 17.4. The van der Waals surface area contributed by atoms with Crippen LogP contribution in [0.2, 0.25) is 0 Å². The van der Waals surface area contributed by atoms with Crippen LogP contribution in [0.15, 0.2) is 81.7 Å². The van der Waals surface area contributed by atoms with Crippen molar-refractivity contribution in [1.82, 2.24) is 0 Å². The fourth-order valence-electron chi connectivity index (χ4n) is 3.53. The van der Waals surface area contributed by atoms with Gasteiger partial charge in [0.25, 0.3) is 0 Å². The lowest BCUT2D eigenvalue weighted by Gasteiger charge is -2.34. The topological polar surface area (TPSA) is 26.7 Å². The van der Waals surface area contributed by atoms with Crippen LogP contribution in [0.25, 0.3) is 0 Å². The molecule has 0 bridgehead atoms. The van der Waals surface area contributed by atoms with E-state index in [-0.39, 0.29) is 11.9 Å². The summed E-state index contributed by atoms with van der Waals surface area (Å²) in [5.74, 6) is 0.280. The Balaban J connectivity index is 1.85. The average molecular weight is 474 g/mol. The molecular weight excluding hydrogens is 456 g/mol. The van der Waals surface area contributed by atoms with E-state index < -0.39 is 0 Å². The molecule has 5 heteroatoms. The molecule has 0 aromatic heterocycles. The first-order valence-corrected chi connectivity index (χ1v) is 10.0. The van der Waals surface area contributed by atoms with E-state index in [1.54, 1.807) is 0 Å². The lowest BCUT2D eigenvalue weighted by molar-refractivity contribution is 0.458. The van der Waals surface area contributed by atoms with Crippen molar-refractivity contribution in [3.05, 3.63) is 87.3 Å². The van der Waals surface area contributed by atoms with Crippen LogP contribution in [-0.4, -0.2) is 18.2 Å². The Morgan fingerprint density at radius 3 is 1.77 bits per heavy atom. The number of nitrogens with zero attached hydrogens (tertiary/aromatic N) is 2. The van der Waals surface area contributed by atoms with E-state index >= 15 is 0 Å². The molecule has 3 aromatic carbocycles. The second-order valence-corrected chi connectivity index (χ2v) is 8.03. The summed E-state index contributed by atoms with van der Waals surface area (Å²) in [5.41, 5.74) is 3.16. The molecule has 3 nitrogen and oxygen atoms in total. The molecule has 1 aliphatic heterocycles. The summed E-state index contributed by atoms with van der Waals surface area (Å²) in [5, 5.41) is 10.8. The van der Waals surface area contributed by atoms with Gasteiger partial charge in [-0.15, -0.1) is 0 Å². The second kappa shape index (κ2) is 7.33. The standard InChI is InChI=1S/C21H18Br2N2O/c22-15-13-18(20(26)19(23)14-15)21-24(16-7-3-1-4-8-16)11-12-25(21)17-9-5-2-6-10-17/h1-10,13-14,21,26H,11-12H2. The predicted molar refractivity (Wildman–Crippen MR) is 114 cm³/mol. The molecule has 3 aromatic rings. The van der Waals surface area contributed by atoms with Gasteiger partial charge >= 0.3 is 0 Å². The fourth-order valence-corrected chi connectivity index (χ4v) is 4.78. The van der Waals surface area contributed by atoms with Crippen molar-refractivity contribution in [3.8, 4) is 5.75 Å². The highest BCUT2D eigenvalue weighted by molar-refractivity contribution is 9.11. The molecule has 0 atom stereocenters. The van der Waals surface area contributed by atoms with E-state index in [9.17, 15) is 5.11 Å². The quantitative estimate of drug-likeness (QED) is 0.509. The predicted octanol–water partition coefficient (Wildman–Crippen LogP) is 5.94. The lowest BCUT2D eigenvalue weighted by atomic mass is 10.1. The minimum absolute atomic E-state index is 0.0893. The Morgan fingerprint density at radius 1 is 0.769 bits per heavy atom. The summed E-state index contributed by atoms with van der Waals surface area (Å²) in [4.78, 5) is 4.67. The van der Waals surface area contributed by atoms with Gasteiger partial charge in [0.1, 0.15) is 11.9 Å². The van der Waals surface area contributed by atoms with Crippen molar-refractivity contribution in [1.29, 1.82) is 0 Å². The van der Waals surface area contributed by atoms with Crippen LogP contribution in [0.5, 0.6) is 5.75 Å². The lowest BCUT2D eigenvalue weighted by Crippen LogP contribution is -2.31. The third kappa shape index (κ3) is 3.21. The Hall–Kier alpha value is -1.98. The maximum absolute atomic E-state index is 10.8. The molecule has 26 heavy (non-hydrogen) atoms. The summed E-state index contributed by atoms with van der Waals surface area (Å²) in [6, 6.07) is 24.6. The fraction of sp³-hybridized carbons (Fsp3) is 0.143. The van der Waals surface area contributed by atoms with E-state index in [1.807, 2.05) is 48.5 Å². The second-order valence-electron chi connectivity index (χ2n) is 6.26. The van der Waals surface area contributed by atoms with Gasteiger partial charge in [-0.3, -0.25) is 0 Å². The number of phenolic OH excluding ortho intramolecular Hbond substituents is 1. The van der Waals surface area contributed by atoms with Gasteiger partial charge < -0.3 is 14.9 Å². The molecule has 0 aliphatic carbocycles. The number of hydrogen-bond acceptors (Lipinski definition) is 3. The number of phenols is 1. The van der Waals surface area contributed by atoms with Gasteiger partial charge in [-0.05, 0) is 52.3 Å². The van der Waals surface area contributed by atoms with Crippen molar-refractivity contribution in [2.45, 2.75) is 6.17 Å². The van der Waals surface area contributed by atoms with Crippen LogP contribution in [0.4, 0.5) is 11.4 Å². The van der Waals surface area contributed by atoms with Gasteiger partial charge in [0.2, 0.25) is 0 Å². The van der Waals surface area contributed by atoms with Crippen molar-refractivity contribution >= 4 is 43.2 Å². The van der Waals surface area contributed by atoms with Crippen molar-refractivity contribution < 1.29 is 5.11 Å². The number of benzene rings is 3. The molecule has 1 heterocycles. The summed E-state index contributed by atoms with van der Waals surface area (Å²) in [6.07, 6.45) is -0.0893. The number of para-hydroxylation sites is 2. The minimum Gasteiger partial charge on any atom is -0.506 e. The normalized spacial score (nSPS) is 14.8. The average Bonchev–Trinajstić information content (AvgIpc) is 3.11. The molecule has 1 aliphatic rings. The zero-order valence-electron chi connectivity index (χ0n) is 14.0. The molecule has 1 N–H and O–H groups in total. The molecule has 0 amide bonds. The molecule has 4 rings (SSSR count). The maximum Gasteiger partial charge on any atom is 0.136 e. The van der Waals surface area contributed by atoms with E-state index in [0.29, 0.717) is 4.47 Å². The molecule has 1 fully saturated rings. The smallest absolute Gasteiger partial charge is 0.136 e. The first-order valence-electron chi connectivity index (χ1n) is 8.46. The van der Waals surface area contributed by atoms with Crippen LogP contribution >= 0.6 is 31.9 Å². The number of halogens is 2. The van der Waals surface area contributed by atoms with Crippen molar-refractivity contribution in [2.75, 3.05) is 22.9 Å². The van der Waals surface area contributed by atoms with E-state index in [0.717, 1.165) is 34.5 Å². The van der Waals surface area contributed by atoms with Crippen LogP contribution in [-0.2, 0) is 0 Å². The van der Waals surface area contributed by atoms with Crippen LogP contribution in [0.3, 0.4) is 0 Å². The summed E-state index contributed by atoms with van der Waals surface area (Å²) >= 11 is 7.05. The highest BCUT2D eigenvalue weighted by Gasteiger charge is 2.35. The van der Waals surface area contributed by atoms with E-state index in [2.05, 4.69) is 65.9 Å². The zero-order chi connectivity index (χ0) is 18.1. The van der Waals surface area contributed by atoms with Crippen LogP contribution in [0, 0.1) is 0 Å². The maximum atomic E-state index is 10.8. The molecule has 0 unspecified atom stereocenters. The Kier molecular flexibility index (Phi) is 4.92. The van der Waals surface area contributed by atoms with Gasteiger partial charge in [-0.25, -0.2) is 0 Å². The first-order chi connectivity index (χ1) is 12.6. The van der Waals surface area contributed by atoms with Crippen molar-refractivity contribution in [2.24, 2.45) is 0 Å². The minimum atomic E-state index is -0.0893. The number of aromatic hydroxyl groups is 1. The zero-order valence-corrected chi connectivity index (χ0v) is 17.2. The summed E-state index contributed by atoms with van der Waals surface area (Å²) in [7, 11) is 0. The van der Waals surface area contributed by atoms with E-state index in [4.69, 9.17) is 0 Å². The third-order valence-corrected chi connectivity index (χ3v) is 5.75. The number of anilines is 2. The molecule has 0 spiro atoms. The monoisotopic (exact) mass is 472 g/mol. The van der Waals surface area contributed by atoms with Gasteiger partial charge in [-0.2, -0.15) is 0 Å². The largest absolute Gasteiger partial charge is 0.506 e. The van der Waals surface area contributed by atoms with Gasteiger partial charge in [0.15, 0.2) is 0 Å². The summed E-state index contributed by atoms with van der Waals surface area (Å²) < 4.78 is 1.62. The SMILES string of the molecule is Oc1c(Br)cc(Br)cc1C1N(c2ccccc2)CCN1c1ccccc1.